The van der Waals surface area contributed by atoms with E-state index in [0.717, 1.165) is 23.9 Å². The summed E-state index contributed by atoms with van der Waals surface area (Å²) in [5, 5.41) is 7.71. The highest BCUT2D eigenvalue weighted by Gasteiger charge is 2.42. The number of nitrogens with two attached hydrogens (primary N) is 1. The molecule has 4 nitrogen and oxygen atoms in total. The third-order valence-electron chi connectivity index (χ3n) is 3.13. The van der Waals surface area contributed by atoms with Gasteiger partial charge in [0.2, 0.25) is 5.84 Å². The van der Waals surface area contributed by atoms with Gasteiger partial charge < -0.3 is 16.0 Å². The average Bonchev–Trinajstić information content (AvgIpc) is 3.14. The Hall–Kier alpha value is -1.63. The van der Waals surface area contributed by atoms with E-state index in [1.165, 1.54) is 26.1 Å². The molecule has 0 amide bonds. The standard InChI is InChI=1S/C13H19F3N4/c1-4-19-11(13(14,15)16)20(3)12(2,18)8-7-10(17)9-5-6-9/h4,7-9,17H,1,5-6,18H2,2-3H3/b8-7-,17-10?,19-11-. The van der Waals surface area contributed by atoms with E-state index >= 15 is 0 Å². The lowest BCUT2D eigenvalue weighted by molar-refractivity contribution is -0.0709. The number of nitrogens with zero attached hydrogens (tertiary/aromatic N) is 2. The van der Waals surface area contributed by atoms with Crippen molar-refractivity contribution in [2.24, 2.45) is 16.6 Å². The first-order valence-corrected chi connectivity index (χ1v) is 6.16. The van der Waals surface area contributed by atoms with Crippen LogP contribution in [0.5, 0.6) is 0 Å². The molecular weight excluding hydrogens is 269 g/mol. The van der Waals surface area contributed by atoms with Crippen molar-refractivity contribution in [3.63, 3.8) is 0 Å². The topological polar surface area (TPSA) is 65.5 Å². The van der Waals surface area contributed by atoms with Gasteiger partial charge in [0.1, 0.15) is 5.66 Å². The summed E-state index contributed by atoms with van der Waals surface area (Å²) in [6, 6.07) is 0. The summed E-state index contributed by atoms with van der Waals surface area (Å²) in [5.41, 5.74) is 4.87. The number of alkyl halides is 3. The zero-order valence-corrected chi connectivity index (χ0v) is 11.5. The van der Waals surface area contributed by atoms with Gasteiger partial charge >= 0.3 is 6.18 Å². The van der Waals surface area contributed by atoms with Gasteiger partial charge in [0.05, 0.1) is 0 Å². The molecule has 1 aliphatic carbocycles. The predicted molar refractivity (Wildman–Crippen MR) is 73.6 cm³/mol. The van der Waals surface area contributed by atoms with Crippen LogP contribution in [-0.2, 0) is 0 Å². The monoisotopic (exact) mass is 288 g/mol. The molecule has 1 unspecified atom stereocenters. The summed E-state index contributed by atoms with van der Waals surface area (Å²) in [7, 11) is 1.21. The van der Waals surface area contributed by atoms with Gasteiger partial charge in [-0.2, -0.15) is 13.2 Å². The Balaban J connectivity index is 2.90. The molecular formula is C13H19F3N4. The minimum atomic E-state index is -4.62. The Bertz CT molecular complexity index is 445. The maximum atomic E-state index is 12.9. The van der Waals surface area contributed by atoms with E-state index in [2.05, 4.69) is 11.6 Å². The molecule has 0 aliphatic heterocycles. The van der Waals surface area contributed by atoms with Gasteiger partial charge in [0.15, 0.2) is 0 Å². The normalized spacial score (nSPS) is 19.8. The van der Waals surface area contributed by atoms with E-state index < -0.39 is 17.7 Å². The minimum Gasteiger partial charge on any atom is -0.334 e. The second-order valence-electron chi connectivity index (χ2n) is 4.98. The van der Waals surface area contributed by atoms with Gasteiger partial charge in [-0.05, 0) is 31.9 Å². The van der Waals surface area contributed by atoms with Gasteiger partial charge in [0, 0.05) is 24.9 Å². The van der Waals surface area contributed by atoms with E-state index in [-0.39, 0.29) is 5.92 Å². The molecule has 1 atom stereocenters. The van der Waals surface area contributed by atoms with Crippen molar-refractivity contribution in [3.8, 4) is 0 Å². The Kier molecular flexibility index (Phi) is 4.75. The van der Waals surface area contributed by atoms with Crippen LogP contribution < -0.4 is 5.73 Å². The van der Waals surface area contributed by atoms with Crippen LogP contribution in [-0.4, -0.2) is 35.3 Å². The van der Waals surface area contributed by atoms with E-state index in [9.17, 15) is 13.2 Å². The molecule has 0 aromatic rings. The fraction of sp³-hybridized carbons (Fsp3) is 0.538. The summed E-state index contributed by atoms with van der Waals surface area (Å²) >= 11 is 0. The minimum absolute atomic E-state index is 0.219. The molecule has 1 saturated carbocycles. The predicted octanol–water partition coefficient (Wildman–Crippen LogP) is 2.68. The lowest BCUT2D eigenvalue weighted by Gasteiger charge is -2.35. The van der Waals surface area contributed by atoms with Crippen molar-refractivity contribution < 1.29 is 13.2 Å². The number of nitrogens with one attached hydrogen (secondary N) is 1. The van der Waals surface area contributed by atoms with Gasteiger partial charge in [0.25, 0.3) is 0 Å². The second kappa shape index (κ2) is 5.78. The fourth-order valence-electron chi connectivity index (χ4n) is 1.57. The highest BCUT2D eigenvalue weighted by atomic mass is 19.4. The molecule has 0 saturated heterocycles. The first kappa shape index (κ1) is 16.4. The smallest absolute Gasteiger partial charge is 0.334 e. The highest BCUT2D eigenvalue weighted by molar-refractivity contribution is 5.96. The number of amidine groups is 1. The Labute approximate surface area is 116 Å². The van der Waals surface area contributed by atoms with Crippen molar-refractivity contribution in [2.75, 3.05) is 7.05 Å². The number of aliphatic imine (C=N–C) groups is 1. The SMILES string of the molecule is C=C/N=C(\N(C)C(C)(N)/C=C\C(=N)C1CC1)C(F)(F)F. The van der Waals surface area contributed by atoms with Crippen molar-refractivity contribution >= 4 is 11.5 Å². The molecule has 0 heterocycles. The van der Waals surface area contributed by atoms with Crippen molar-refractivity contribution in [3.05, 3.63) is 24.9 Å². The summed E-state index contributed by atoms with van der Waals surface area (Å²) < 4.78 is 38.6. The number of likely N-dealkylation sites (N-methyl/N-ethyl adjacent to an activating group) is 1. The summed E-state index contributed by atoms with van der Waals surface area (Å²) in [6.45, 7) is 4.60. The zero-order valence-electron chi connectivity index (χ0n) is 11.5. The highest BCUT2D eigenvalue weighted by Crippen LogP contribution is 2.30. The number of halogens is 3. The third-order valence-corrected chi connectivity index (χ3v) is 3.13. The van der Waals surface area contributed by atoms with Gasteiger partial charge in [-0.3, -0.25) is 0 Å². The van der Waals surface area contributed by atoms with E-state index in [1.807, 2.05) is 0 Å². The Morgan fingerprint density at radius 3 is 2.40 bits per heavy atom. The van der Waals surface area contributed by atoms with Crippen LogP contribution in [0.4, 0.5) is 13.2 Å². The Morgan fingerprint density at radius 1 is 1.45 bits per heavy atom. The first-order valence-electron chi connectivity index (χ1n) is 6.16. The maximum absolute atomic E-state index is 12.9. The third kappa shape index (κ3) is 4.19. The second-order valence-corrected chi connectivity index (χ2v) is 4.98. The summed E-state index contributed by atoms with van der Waals surface area (Å²) in [4.78, 5) is 4.07. The molecule has 1 fully saturated rings. The fourth-order valence-corrected chi connectivity index (χ4v) is 1.57. The van der Waals surface area contributed by atoms with Crippen molar-refractivity contribution in [1.82, 2.24) is 4.90 Å². The molecule has 7 heteroatoms. The van der Waals surface area contributed by atoms with E-state index in [0.29, 0.717) is 5.71 Å². The molecule has 3 N–H and O–H groups in total. The molecule has 0 radical (unpaired) electrons. The molecule has 0 bridgehead atoms. The van der Waals surface area contributed by atoms with Crippen LogP contribution in [0.25, 0.3) is 0 Å². The molecule has 1 aliphatic rings. The molecule has 1 rings (SSSR count). The number of rotatable bonds is 5. The van der Waals surface area contributed by atoms with Crippen LogP contribution in [0.1, 0.15) is 19.8 Å². The number of hydrogen-bond donors (Lipinski definition) is 2. The molecule has 0 spiro atoms. The lowest BCUT2D eigenvalue weighted by atomic mass is 10.1. The molecule has 112 valence electrons. The first-order chi connectivity index (χ1) is 9.09. The van der Waals surface area contributed by atoms with Crippen LogP contribution in [0.15, 0.2) is 29.9 Å². The van der Waals surface area contributed by atoms with Crippen LogP contribution in [0, 0.1) is 11.3 Å². The molecule has 0 aromatic heterocycles. The summed E-state index contributed by atoms with van der Waals surface area (Å²) in [5.74, 6) is -0.906. The van der Waals surface area contributed by atoms with Crippen LogP contribution in [0.3, 0.4) is 0 Å². The van der Waals surface area contributed by atoms with Crippen LogP contribution in [0.2, 0.25) is 0 Å². The van der Waals surface area contributed by atoms with Crippen LogP contribution >= 0.6 is 0 Å². The van der Waals surface area contributed by atoms with Gasteiger partial charge in [-0.25, -0.2) is 4.99 Å². The van der Waals surface area contributed by atoms with E-state index in [1.54, 1.807) is 0 Å². The quantitative estimate of drug-likeness (QED) is 0.464. The van der Waals surface area contributed by atoms with E-state index in [4.69, 9.17) is 11.1 Å². The molecule has 20 heavy (non-hydrogen) atoms. The molecule has 0 aromatic carbocycles. The summed E-state index contributed by atoms with van der Waals surface area (Å²) in [6.07, 6.45) is 0.957. The Morgan fingerprint density at radius 2 is 2.00 bits per heavy atom. The number of hydrogen-bond acceptors (Lipinski definition) is 3. The van der Waals surface area contributed by atoms with Gasteiger partial charge in [-0.15, -0.1) is 0 Å². The number of allylic oxidation sites excluding steroid dienone is 1. The zero-order chi connectivity index (χ0) is 15.6. The van der Waals surface area contributed by atoms with Crippen molar-refractivity contribution in [2.45, 2.75) is 31.6 Å². The van der Waals surface area contributed by atoms with Gasteiger partial charge in [-0.1, -0.05) is 6.58 Å². The average molecular weight is 288 g/mol. The van der Waals surface area contributed by atoms with Crippen molar-refractivity contribution in [1.29, 1.82) is 5.41 Å². The largest absolute Gasteiger partial charge is 0.449 e. The lowest BCUT2D eigenvalue weighted by Crippen LogP contribution is -2.56. The maximum Gasteiger partial charge on any atom is 0.449 e.